The highest BCUT2D eigenvalue weighted by Gasteiger charge is 2.25. The van der Waals surface area contributed by atoms with Crippen LogP contribution in [0.3, 0.4) is 0 Å². The number of carboxylic acids is 1. The first kappa shape index (κ1) is 21.0. The van der Waals surface area contributed by atoms with E-state index >= 15 is 0 Å². The third-order valence-electron chi connectivity index (χ3n) is 3.42. The molecule has 6 heteroatoms. The molecule has 0 spiro atoms. The largest absolute Gasteiger partial charge is 0.481 e. The molecule has 0 aromatic heterocycles. The predicted molar refractivity (Wildman–Crippen MR) is 90.0 cm³/mol. The third kappa shape index (κ3) is 9.07. The molecule has 0 radical (unpaired) electrons. The second-order valence-electron chi connectivity index (χ2n) is 6.16. The maximum atomic E-state index is 12.0. The van der Waals surface area contributed by atoms with Gasteiger partial charge in [-0.15, -0.1) is 0 Å². The standard InChI is InChI=1S/C16H29NO4S/c1-10(2)14(18)7-6-8-15(19)17-13(9-22-11(3)4)12(5)16(20)21/h10-13H,6-9H2,1-5H3,(H,17,19)(H,20,21). The molecule has 0 aliphatic heterocycles. The first-order valence-corrected chi connectivity index (χ1v) is 8.86. The molecule has 0 bridgehead atoms. The Morgan fingerprint density at radius 3 is 2.09 bits per heavy atom. The molecule has 0 saturated heterocycles. The highest BCUT2D eigenvalue weighted by Crippen LogP contribution is 2.16. The summed E-state index contributed by atoms with van der Waals surface area (Å²) in [4.78, 5) is 34.6. The number of carbonyl (C=O) groups is 3. The fraction of sp³-hybridized carbons (Fsp3) is 0.812. The van der Waals surface area contributed by atoms with E-state index in [1.54, 1.807) is 18.7 Å². The van der Waals surface area contributed by atoms with Gasteiger partial charge in [0.15, 0.2) is 0 Å². The highest BCUT2D eigenvalue weighted by atomic mass is 32.2. The number of hydrogen-bond donors (Lipinski definition) is 2. The summed E-state index contributed by atoms with van der Waals surface area (Å²) in [7, 11) is 0. The summed E-state index contributed by atoms with van der Waals surface area (Å²) in [6.45, 7) is 9.36. The minimum atomic E-state index is -0.912. The van der Waals surface area contributed by atoms with Gasteiger partial charge in [-0.3, -0.25) is 14.4 Å². The summed E-state index contributed by atoms with van der Waals surface area (Å²) in [6.07, 6.45) is 1.16. The van der Waals surface area contributed by atoms with Gasteiger partial charge in [0.1, 0.15) is 5.78 Å². The molecule has 2 N–H and O–H groups in total. The van der Waals surface area contributed by atoms with Gasteiger partial charge in [-0.1, -0.05) is 27.7 Å². The number of nitrogens with one attached hydrogen (secondary N) is 1. The van der Waals surface area contributed by atoms with Crippen molar-refractivity contribution >= 4 is 29.4 Å². The van der Waals surface area contributed by atoms with Gasteiger partial charge in [0.25, 0.3) is 0 Å². The fourth-order valence-corrected chi connectivity index (χ4v) is 2.73. The van der Waals surface area contributed by atoms with Gasteiger partial charge in [0.2, 0.25) is 5.91 Å². The molecule has 0 aliphatic carbocycles. The predicted octanol–water partition coefficient (Wildman–Crippen LogP) is 2.73. The van der Waals surface area contributed by atoms with Crippen molar-refractivity contribution in [1.82, 2.24) is 5.32 Å². The van der Waals surface area contributed by atoms with Crippen LogP contribution in [0.25, 0.3) is 0 Å². The number of rotatable bonds is 11. The summed E-state index contributed by atoms with van der Waals surface area (Å²) in [5.74, 6) is -1.01. The Morgan fingerprint density at radius 1 is 1.05 bits per heavy atom. The van der Waals surface area contributed by atoms with Crippen LogP contribution in [0.15, 0.2) is 0 Å². The van der Waals surface area contributed by atoms with Crippen molar-refractivity contribution in [2.75, 3.05) is 5.75 Å². The number of Topliss-reactive ketones (excluding diaryl/α,β-unsaturated/α-hetero) is 1. The molecule has 0 aliphatic rings. The van der Waals surface area contributed by atoms with Crippen molar-refractivity contribution in [3.63, 3.8) is 0 Å². The Hall–Kier alpha value is -1.04. The molecule has 0 aromatic rings. The number of hydrogen-bond acceptors (Lipinski definition) is 4. The van der Waals surface area contributed by atoms with Crippen LogP contribution in [-0.2, 0) is 14.4 Å². The van der Waals surface area contributed by atoms with Crippen LogP contribution in [0.5, 0.6) is 0 Å². The van der Waals surface area contributed by atoms with Crippen molar-refractivity contribution in [3.8, 4) is 0 Å². The SMILES string of the molecule is CC(C)SCC(NC(=O)CCCC(=O)C(C)C)C(C)C(=O)O. The van der Waals surface area contributed by atoms with Crippen molar-refractivity contribution in [2.45, 2.75) is 65.2 Å². The summed E-state index contributed by atoms with van der Waals surface area (Å²) in [6, 6.07) is -0.391. The molecule has 5 nitrogen and oxygen atoms in total. The Morgan fingerprint density at radius 2 is 1.64 bits per heavy atom. The number of thioether (sulfide) groups is 1. The molecular weight excluding hydrogens is 302 g/mol. The minimum absolute atomic E-state index is 0.00900. The van der Waals surface area contributed by atoms with Crippen LogP contribution >= 0.6 is 11.8 Å². The average Bonchev–Trinajstić information content (AvgIpc) is 2.41. The zero-order valence-corrected chi connectivity index (χ0v) is 15.0. The highest BCUT2D eigenvalue weighted by molar-refractivity contribution is 7.99. The van der Waals surface area contributed by atoms with Gasteiger partial charge in [0.05, 0.1) is 12.0 Å². The Labute approximate surface area is 137 Å². The number of aliphatic carboxylic acids is 1. The first-order valence-electron chi connectivity index (χ1n) is 7.81. The molecule has 0 heterocycles. The van der Waals surface area contributed by atoms with Crippen LogP contribution in [0, 0.1) is 11.8 Å². The molecule has 0 aromatic carbocycles. The summed E-state index contributed by atoms with van der Waals surface area (Å²) < 4.78 is 0. The maximum Gasteiger partial charge on any atom is 0.308 e. The maximum absolute atomic E-state index is 12.0. The number of ketones is 1. The van der Waals surface area contributed by atoms with Gasteiger partial charge in [-0.2, -0.15) is 11.8 Å². The van der Waals surface area contributed by atoms with Crippen LogP contribution in [0.2, 0.25) is 0 Å². The summed E-state index contributed by atoms with van der Waals surface area (Å²) >= 11 is 1.63. The molecule has 128 valence electrons. The lowest BCUT2D eigenvalue weighted by molar-refractivity contribution is -0.142. The van der Waals surface area contributed by atoms with Crippen molar-refractivity contribution in [1.29, 1.82) is 0 Å². The third-order valence-corrected chi connectivity index (χ3v) is 4.64. The lowest BCUT2D eigenvalue weighted by Gasteiger charge is -2.23. The Bertz CT molecular complexity index is 382. The van der Waals surface area contributed by atoms with Crippen molar-refractivity contribution in [3.05, 3.63) is 0 Å². The number of carbonyl (C=O) groups excluding carboxylic acids is 2. The van der Waals surface area contributed by atoms with E-state index in [0.717, 1.165) is 0 Å². The Kier molecular flexibility index (Phi) is 10.1. The molecule has 0 saturated carbocycles. The average molecular weight is 331 g/mol. The smallest absolute Gasteiger partial charge is 0.308 e. The van der Waals surface area contributed by atoms with Gasteiger partial charge in [-0.05, 0) is 18.6 Å². The molecule has 0 rings (SSSR count). The van der Waals surface area contributed by atoms with E-state index in [1.807, 2.05) is 27.7 Å². The van der Waals surface area contributed by atoms with E-state index in [0.29, 0.717) is 23.8 Å². The molecule has 2 unspecified atom stereocenters. The first-order chi connectivity index (χ1) is 10.1. The van der Waals surface area contributed by atoms with E-state index in [9.17, 15) is 14.4 Å². The quantitative estimate of drug-likeness (QED) is 0.608. The topological polar surface area (TPSA) is 83.5 Å². The van der Waals surface area contributed by atoms with Crippen molar-refractivity contribution in [2.24, 2.45) is 11.8 Å². The second kappa shape index (κ2) is 10.6. The molecule has 1 amide bonds. The van der Waals surface area contributed by atoms with Crippen molar-refractivity contribution < 1.29 is 19.5 Å². The minimum Gasteiger partial charge on any atom is -0.481 e. The lowest BCUT2D eigenvalue weighted by atomic mass is 10.0. The molecule has 2 atom stereocenters. The number of carboxylic acid groups (broad SMARTS) is 1. The van der Waals surface area contributed by atoms with E-state index in [4.69, 9.17) is 5.11 Å². The lowest BCUT2D eigenvalue weighted by Crippen LogP contribution is -2.44. The summed E-state index contributed by atoms with van der Waals surface area (Å²) in [5, 5.41) is 12.3. The van der Waals surface area contributed by atoms with Gasteiger partial charge < -0.3 is 10.4 Å². The fourth-order valence-electron chi connectivity index (χ4n) is 1.77. The Balaban J connectivity index is 4.36. The molecule has 0 fully saturated rings. The zero-order chi connectivity index (χ0) is 17.3. The molecule has 22 heavy (non-hydrogen) atoms. The molecular formula is C16H29NO4S. The van der Waals surface area contributed by atoms with Crippen LogP contribution in [-0.4, -0.2) is 39.8 Å². The van der Waals surface area contributed by atoms with E-state index in [-0.39, 0.29) is 24.0 Å². The second-order valence-corrected chi connectivity index (χ2v) is 7.77. The normalized spacial score (nSPS) is 14.0. The van der Waals surface area contributed by atoms with E-state index < -0.39 is 17.9 Å². The number of amides is 1. The van der Waals surface area contributed by atoms with Crippen LogP contribution < -0.4 is 5.32 Å². The van der Waals surface area contributed by atoms with Gasteiger partial charge >= 0.3 is 5.97 Å². The van der Waals surface area contributed by atoms with Gasteiger partial charge in [0, 0.05) is 24.5 Å². The van der Waals surface area contributed by atoms with Gasteiger partial charge in [-0.25, -0.2) is 0 Å². The van der Waals surface area contributed by atoms with E-state index in [1.165, 1.54) is 0 Å². The monoisotopic (exact) mass is 331 g/mol. The zero-order valence-electron chi connectivity index (χ0n) is 14.2. The van der Waals surface area contributed by atoms with Crippen LogP contribution in [0.1, 0.15) is 53.9 Å². The van der Waals surface area contributed by atoms with Crippen LogP contribution in [0.4, 0.5) is 0 Å². The van der Waals surface area contributed by atoms with E-state index in [2.05, 4.69) is 5.32 Å². The summed E-state index contributed by atoms with van der Waals surface area (Å²) in [5.41, 5.74) is 0.